The van der Waals surface area contributed by atoms with E-state index in [1.54, 1.807) is 20.0 Å². The van der Waals surface area contributed by atoms with Crippen molar-refractivity contribution >= 4 is 27.8 Å². The highest BCUT2D eigenvalue weighted by Gasteiger charge is 2.17. The van der Waals surface area contributed by atoms with Crippen LogP contribution >= 0.6 is 15.9 Å². The van der Waals surface area contributed by atoms with Gasteiger partial charge in [-0.05, 0) is 43.2 Å². The van der Waals surface area contributed by atoms with Gasteiger partial charge < -0.3 is 14.4 Å². The number of carboxylic acids is 1. The highest BCUT2D eigenvalue weighted by atomic mass is 79.9. The van der Waals surface area contributed by atoms with E-state index in [2.05, 4.69) is 15.9 Å². The summed E-state index contributed by atoms with van der Waals surface area (Å²) < 4.78 is 19.4. The van der Waals surface area contributed by atoms with Crippen LogP contribution in [0.25, 0.3) is 0 Å². The molecule has 7 heteroatoms. The Morgan fingerprint density at radius 3 is 2.67 bits per heavy atom. The maximum absolute atomic E-state index is 13.2. The van der Waals surface area contributed by atoms with Crippen LogP contribution in [0.5, 0.6) is 0 Å². The van der Waals surface area contributed by atoms with Crippen LogP contribution in [0.15, 0.2) is 33.2 Å². The normalized spacial score (nSPS) is 10.7. The van der Waals surface area contributed by atoms with Crippen molar-refractivity contribution in [3.63, 3.8) is 0 Å². The maximum Gasteiger partial charge on any atom is 0.339 e. The van der Waals surface area contributed by atoms with Gasteiger partial charge in [-0.2, -0.15) is 0 Å². The van der Waals surface area contributed by atoms with Crippen LogP contribution in [0.3, 0.4) is 0 Å². The molecule has 24 heavy (non-hydrogen) atoms. The predicted octanol–water partition coefficient (Wildman–Crippen LogP) is 3.78. The molecule has 2 aromatic rings. The molecule has 0 aliphatic rings. The number of hydrogen-bond donors (Lipinski definition) is 1. The standard InChI is InChI=1S/C17H17BrFNO4/c1-10-14(17(22)23)8-13(24-10)9-20(2)16(21)6-3-11-7-12(19)4-5-15(11)18/h4-5,7-8H,3,6,9H2,1-2H3,(H,22,23). The van der Waals surface area contributed by atoms with E-state index in [9.17, 15) is 14.0 Å². The predicted molar refractivity (Wildman–Crippen MR) is 89.3 cm³/mol. The molecule has 0 fully saturated rings. The summed E-state index contributed by atoms with van der Waals surface area (Å²) in [5.74, 6) is -0.833. The number of carboxylic acid groups (broad SMARTS) is 1. The molecule has 0 bridgehead atoms. The lowest BCUT2D eigenvalue weighted by molar-refractivity contribution is -0.130. The van der Waals surface area contributed by atoms with Crippen molar-refractivity contribution < 1.29 is 23.5 Å². The number of carbonyl (C=O) groups is 2. The Balaban J connectivity index is 1.96. The lowest BCUT2D eigenvalue weighted by Crippen LogP contribution is -2.26. The zero-order valence-corrected chi connectivity index (χ0v) is 14.9. The molecule has 0 saturated heterocycles. The topological polar surface area (TPSA) is 70.8 Å². The Labute approximate surface area is 147 Å². The van der Waals surface area contributed by atoms with Crippen molar-refractivity contribution in [2.75, 3.05) is 7.05 Å². The van der Waals surface area contributed by atoms with Gasteiger partial charge in [0, 0.05) is 17.9 Å². The minimum atomic E-state index is -1.06. The molecule has 0 spiro atoms. The molecule has 5 nitrogen and oxygen atoms in total. The molecule has 1 N–H and O–H groups in total. The number of nitrogens with zero attached hydrogens (tertiary/aromatic N) is 1. The van der Waals surface area contributed by atoms with Gasteiger partial charge in [-0.25, -0.2) is 9.18 Å². The lowest BCUT2D eigenvalue weighted by Gasteiger charge is -2.16. The molecule has 0 saturated carbocycles. The van der Waals surface area contributed by atoms with E-state index in [0.717, 1.165) is 10.0 Å². The summed E-state index contributed by atoms with van der Waals surface area (Å²) in [5, 5.41) is 9.01. The summed E-state index contributed by atoms with van der Waals surface area (Å²) in [5.41, 5.74) is 0.813. The minimum absolute atomic E-state index is 0.0922. The van der Waals surface area contributed by atoms with Gasteiger partial charge in [-0.3, -0.25) is 4.79 Å². The van der Waals surface area contributed by atoms with Crippen molar-refractivity contribution in [3.8, 4) is 0 Å². The van der Waals surface area contributed by atoms with Gasteiger partial charge >= 0.3 is 5.97 Å². The van der Waals surface area contributed by atoms with E-state index in [4.69, 9.17) is 9.52 Å². The Bertz CT molecular complexity index is 772. The molecule has 128 valence electrons. The summed E-state index contributed by atoms with van der Waals surface area (Å²) in [6, 6.07) is 5.77. The molecule has 1 heterocycles. The van der Waals surface area contributed by atoms with Crippen LogP contribution < -0.4 is 0 Å². The second-order valence-electron chi connectivity index (χ2n) is 5.47. The van der Waals surface area contributed by atoms with Gasteiger partial charge in [0.1, 0.15) is 22.9 Å². The fraction of sp³-hybridized carbons (Fsp3) is 0.294. The fourth-order valence-electron chi connectivity index (χ4n) is 2.32. The number of rotatable bonds is 6. The summed E-state index contributed by atoms with van der Waals surface area (Å²) in [4.78, 5) is 24.7. The molecule has 0 aliphatic heterocycles. The van der Waals surface area contributed by atoms with Gasteiger partial charge in [0.2, 0.25) is 5.91 Å². The second-order valence-corrected chi connectivity index (χ2v) is 6.33. The summed E-state index contributed by atoms with van der Waals surface area (Å²) in [7, 11) is 1.61. The molecule has 1 amide bonds. The van der Waals surface area contributed by atoms with Crippen molar-refractivity contribution in [2.24, 2.45) is 0 Å². The summed E-state index contributed by atoms with van der Waals surface area (Å²) in [6.07, 6.45) is 0.614. The monoisotopic (exact) mass is 397 g/mol. The van der Waals surface area contributed by atoms with Crippen molar-refractivity contribution in [3.05, 3.63) is 57.2 Å². The smallest absolute Gasteiger partial charge is 0.339 e. The second kappa shape index (κ2) is 7.61. The molecule has 1 aromatic heterocycles. The summed E-state index contributed by atoms with van der Waals surface area (Å²) >= 11 is 3.33. The van der Waals surface area contributed by atoms with Gasteiger partial charge in [0.05, 0.1) is 6.54 Å². The van der Waals surface area contributed by atoms with Gasteiger partial charge in [0.15, 0.2) is 0 Å². The molecule has 2 rings (SSSR count). The Kier molecular flexibility index (Phi) is 5.77. The first-order chi connectivity index (χ1) is 11.3. The van der Waals surface area contributed by atoms with Crippen molar-refractivity contribution in [1.82, 2.24) is 4.90 Å². The van der Waals surface area contributed by atoms with Crippen molar-refractivity contribution in [2.45, 2.75) is 26.3 Å². The van der Waals surface area contributed by atoms with Crippen molar-refractivity contribution in [1.29, 1.82) is 0 Å². The van der Waals surface area contributed by atoms with E-state index in [-0.39, 0.29) is 30.3 Å². The molecule has 0 aliphatic carbocycles. The third kappa shape index (κ3) is 4.44. The van der Waals surface area contributed by atoms with E-state index in [1.165, 1.54) is 23.1 Å². The molecular formula is C17H17BrFNO4. The van der Waals surface area contributed by atoms with Crippen LogP contribution in [0.2, 0.25) is 0 Å². The zero-order valence-electron chi connectivity index (χ0n) is 13.3. The number of carbonyl (C=O) groups excluding carboxylic acids is 1. The van der Waals surface area contributed by atoms with E-state index in [0.29, 0.717) is 17.9 Å². The molecule has 0 atom stereocenters. The Hall–Kier alpha value is -2.15. The molecule has 0 unspecified atom stereocenters. The van der Waals surface area contributed by atoms with Gasteiger partial charge in [-0.1, -0.05) is 15.9 Å². The van der Waals surface area contributed by atoms with Crippen LogP contribution in [0.4, 0.5) is 4.39 Å². The van der Waals surface area contributed by atoms with E-state index >= 15 is 0 Å². The number of aryl methyl sites for hydroxylation is 2. The highest BCUT2D eigenvalue weighted by molar-refractivity contribution is 9.10. The first kappa shape index (κ1) is 18.2. The zero-order chi connectivity index (χ0) is 17.9. The lowest BCUT2D eigenvalue weighted by atomic mass is 10.1. The number of halogens is 2. The number of benzene rings is 1. The van der Waals surface area contributed by atoms with Crippen LogP contribution in [-0.2, 0) is 17.8 Å². The van der Waals surface area contributed by atoms with E-state index in [1.807, 2.05) is 0 Å². The summed E-state index contributed by atoms with van der Waals surface area (Å²) in [6.45, 7) is 1.74. The maximum atomic E-state index is 13.2. The minimum Gasteiger partial charge on any atom is -0.478 e. The highest BCUT2D eigenvalue weighted by Crippen LogP contribution is 2.20. The molecular weight excluding hydrogens is 381 g/mol. The molecule has 1 aromatic carbocycles. The number of furan rings is 1. The molecule has 0 radical (unpaired) electrons. The third-order valence-electron chi connectivity index (χ3n) is 3.63. The van der Waals surface area contributed by atoms with Gasteiger partial charge in [-0.15, -0.1) is 0 Å². The first-order valence-electron chi connectivity index (χ1n) is 7.28. The average molecular weight is 398 g/mol. The SMILES string of the molecule is Cc1oc(CN(C)C(=O)CCc2cc(F)ccc2Br)cc1C(=O)O. The van der Waals surface area contributed by atoms with E-state index < -0.39 is 5.97 Å². The third-order valence-corrected chi connectivity index (χ3v) is 4.41. The Morgan fingerprint density at radius 2 is 2.04 bits per heavy atom. The quantitative estimate of drug-likeness (QED) is 0.804. The first-order valence-corrected chi connectivity index (χ1v) is 8.07. The van der Waals surface area contributed by atoms with Crippen LogP contribution in [-0.4, -0.2) is 28.9 Å². The number of aromatic carboxylic acids is 1. The Morgan fingerprint density at radius 1 is 1.33 bits per heavy atom. The van der Waals surface area contributed by atoms with Crippen LogP contribution in [0, 0.1) is 12.7 Å². The fourth-order valence-corrected chi connectivity index (χ4v) is 2.77. The van der Waals surface area contributed by atoms with Gasteiger partial charge in [0.25, 0.3) is 0 Å². The largest absolute Gasteiger partial charge is 0.478 e. The van der Waals surface area contributed by atoms with Crippen LogP contribution in [0.1, 0.15) is 33.9 Å². The average Bonchev–Trinajstić information content (AvgIpc) is 2.88. The number of amides is 1. The number of hydrogen-bond acceptors (Lipinski definition) is 3.